The maximum Gasteiger partial charge on any atom is 0.303 e. The number of hydrogen-bond donors (Lipinski definition) is 3. The fourth-order valence-corrected chi connectivity index (χ4v) is 12.5. The van der Waals surface area contributed by atoms with Gasteiger partial charge < -0.3 is 43.7 Å². The number of piperidine rings is 1. The molecule has 11 nitrogen and oxygen atoms in total. The molecule has 256 valence electrons. The van der Waals surface area contributed by atoms with Crippen molar-refractivity contribution in [2.75, 3.05) is 48.1 Å². The second-order valence-corrected chi connectivity index (χ2v) is 14.8. The van der Waals surface area contributed by atoms with E-state index >= 15 is 0 Å². The molecule has 6 saturated carbocycles. The molecule has 1 saturated heterocycles. The molecule has 46 heavy (non-hydrogen) atoms. The minimum absolute atomic E-state index is 0.230. The van der Waals surface area contributed by atoms with E-state index in [1.54, 1.807) is 21.3 Å². The molecule has 1 spiro atoms. The summed E-state index contributed by atoms with van der Waals surface area (Å²) in [6.45, 7) is 5.28. The second kappa shape index (κ2) is 11.5. The van der Waals surface area contributed by atoms with E-state index in [4.69, 9.17) is 28.4 Å². The van der Waals surface area contributed by atoms with Crippen LogP contribution in [0.5, 0.6) is 0 Å². The van der Waals surface area contributed by atoms with E-state index in [1.807, 2.05) is 30.3 Å². The minimum atomic E-state index is -1.61. The third kappa shape index (κ3) is 3.89. The van der Waals surface area contributed by atoms with Crippen LogP contribution in [-0.4, -0.2) is 128 Å². The highest BCUT2D eigenvalue weighted by atomic mass is 16.6. The van der Waals surface area contributed by atoms with E-state index in [0.29, 0.717) is 32.5 Å². The van der Waals surface area contributed by atoms with Crippen molar-refractivity contribution in [1.82, 2.24) is 4.90 Å². The number of likely N-dealkylation sites (tertiary alicyclic amines) is 1. The summed E-state index contributed by atoms with van der Waals surface area (Å²) in [6.07, 6.45) is -3.86. The van der Waals surface area contributed by atoms with E-state index in [0.717, 1.165) is 5.56 Å². The minimum Gasteiger partial charge on any atom is -0.456 e. The standard InChI is InChI=1S/C35H51NO10/c1-7-36-17-32(18-41-3)23(38)14-25(42-4)34-22-15-33(40)24(45-16-20-11-9-8-10-12-20)13-21(22)35(46-19(2)37,30(39)31(33)44-6)26(29(34)36)27(43-5)28(32)34/h8-12,21-31,38-40H,7,13-18H2,1-6H3/t21?,22?,23-,24-,25+,26?,27+,28?,29?,30+,31+,32+,33-,34+,35-/m1/s1. The van der Waals surface area contributed by atoms with Gasteiger partial charge in [0.05, 0.1) is 37.6 Å². The molecule has 1 aliphatic heterocycles. The van der Waals surface area contributed by atoms with Crippen molar-refractivity contribution in [2.45, 2.75) is 93.6 Å². The molecule has 11 heteroatoms. The summed E-state index contributed by atoms with van der Waals surface area (Å²) < 4.78 is 38.1. The molecule has 0 amide bonds. The van der Waals surface area contributed by atoms with Gasteiger partial charge in [-0.05, 0) is 30.9 Å². The summed E-state index contributed by atoms with van der Waals surface area (Å²) in [6, 6.07) is 9.57. The number of carbonyl (C=O) groups is 1. The van der Waals surface area contributed by atoms with Gasteiger partial charge in [-0.3, -0.25) is 9.69 Å². The quantitative estimate of drug-likeness (QED) is 0.319. The number of nitrogens with zero attached hydrogens (tertiary/aromatic N) is 1. The van der Waals surface area contributed by atoms with Gasteiger partial charge in [0.1, 0.15) is 17.8 Å². The molecule has 7 aliphatic rings. The Kier molecular flexibility index (Phi) is 8.18. The molecular formula is C35H51NO10. The number of fused-ring (bicyclic) bond motifs is 2. The molecule has 8 rings (SSSR count). The van der Waals surface area contributed by atoms with Gasteiger partial charge in [-0.25, -0.2) is 0 Å². The van der Waals surface area contributed by atoms with Gasteiger partial charge in [-0.1, -0.05) is 37.3 Å². The summed E-state index contributed by atoms with van der Waals surface area (Å²) in [4.78, 5) is 15.7. The Labute approximate surface area is 271 Å². The first-order valence-electron chi connectivity index (χ1n) is 16.8. The van der Waals surface area contributed by atoms with Crippen LogP contribution < -0.4 is 0 Å². The molecule has 0 radical (unpaired) electrons. The highest BCUT2D eigenvalue weighted by Gasteiger charge is 2.89. The molecule has 9 bridgehead atoms. The second-order valence-electron chi connectivity index (χ2n) is 14.8. The summed E-state index contributed by atoms with van der Waals surface area (Å²) in [5, 5.41) is 37.7. The number of rotatable bonds is 10. The van der Waals surface area contributed by atoms with Gasteiger partial charge in [-0.15, -0.1) is 0 Å². The van der Waals surface area contributed by atoms with E-state index in [2.05, 4.69) is 11.8 Å². The summed E-state index contributed by atoms with van der Waals surface area (Å²) in [5.41, 5.74) is -3.46. The van der Waals surface area contributed by atoms with Crippen LogP contribution in [0.25, 0.3) is 0 Å². The SMILES string of the molecule is CCN1C[C@@]2(COC)C3[C@@H](OC)C4C1[C@@]3(C1C[C@@]3(O)[C@H](OCc5ccccc5)CC1[C@]4(OC(C)=O)[C@@H](O)[C@@H]3OC)[C@@H](OC)C[C@H]2O. The highest BCUT2D eigenvalue weighted by molar-refractivity contribution is 5.67. The maximum atomic E-state index is 13.3. The first kappa shape index (κ1) is 32.9. The Morgan fingerprint density at radius 3 is 2.35 bits per heavy atom. The van der Waals surface area contributed by atoms with Crippen LogP contribution in [0.15, 0.2) is 30.3 Å². The zero-order valence-corrected chi connectivity index (χ0v) is 27.8. The van der Waals surface area contributed by atoms with Crippen molar-refractivity contribution in [3.05, 3.63) is 35.9 Å². The van der Waals surface area contributed by atoms with Crippen LogP contribution in [0.2, 0.25) is 0 Å². The van der Waals surface area contributed by atoms with Crippen molar-refractivity contribution in [1.29, 1.82) is 0 Å². The third-order valence-corrected chi connectivity index (χ3v) is 13.5. The van der Waals surface area contributed by atoms with Gasteiger partial charge in [0.25, 0.3) is 0 Å². The van der Waals surface area contributed by atoms with Crippen molar-refractivity contribution in [3.8, 4) is 0 Å². The van der Waals surface area contributed by atoms with Crippen molar-refractivity contribution < 1.29 is 48.5 Å². The van der Waals surface area contributed by atoms with Gasteiger partial charge in [-0.2, -0.15) is 0 Å². The first-order valence-corrected chi connectivity index (χ1v) is 16.8. The Morgan fingerprint density at radius 2 is 1.74 bits per heavy atom. The van der Waals surface area contributed by atoms with Crippen LogP contribution in [0.3, 0.4) is 0 Å². The van der Waals surface area contributed by atoms with Gasteiger partial charge in [0.2, 0.25) is 0 Å². The Morgan fingerprint density at radius 1 is 1.00 bits per heavy atom. The summed E-state index contributed by atoms with van der Waals surface area (Å²) in [5.74, 6) is -2.00. The summed E-state index contributed by atoms with van der Waals surface area (Å²) >= 11 is 0. The Hall–Kier alpha value is -1.67. The molecule has 15 atom stereocenters. The molecule has 1 aromatic carbocycles. The average molecular weight is 646 g/mol. The zero-order valence-electron chi connectivity index (χ0n) is 27.8. The fourth-order valence-electron chi connectivity index (χ4n) is 12.5. The van der Waals surface area contributed by atoms with Crippen LogP contribution in [-0.2, 0) is 39.8 Å². The third-order valence-electron chi connectivity index (χ3n) is 13.5. The van der Waals surface area contributed by atoms with Crippen LogP contribution in [0.1, 0.15) is 38.7 Å². The van der Waals surface area contributed by atoms with Gasteiger partial charge >= 0.3 is 5.97 Å². The number of esters is 1. The Bertz CT molecular complexity index is 1300. The van der Waals surface area contributed by atoms with Crippen molar-refractivity contribution >= 4 is 5.97 Å². The first-order chi connectivity index (χ1) is 22.1. The smallest absolute Gasteiger partial charge is 0.303 e. The molecule has 5 unspecified atom stereocenters. The summed E-state index contributed by atoms with van der Waals surface area (Å²) in [7, 11) is 6.53. The van der Waals surface area contributed by atoms with E-state index in [-0.39, 0.29) is 37.0 Å². The highest BCUT2D eigenvalue weighted by Crippen LogP contribution is 2.79. The van der Waals surface area contributed by atoms with Gasteiger partial charge in [0.15, 0.2) is 5.60 Å². The van der Waals surface area contributed by atoms with Gasteiger partial charge in [0, 0.05) is 83.0 Å². The number of aliphatic hydroxyl groups excluding tert-OH is 2. The normalized spacial score (nSPS) is 50.3. The number of hydrogen-bond acceptors (Lipinski definition) is 11. The number of benzene rings is 1. The lowest BCUT2D eigenvalue weighted by molar-refractivity contribution is -0.310. The monoisotopic (exact) mass is 645 g/mol. The molecule has 7 fully saturated rings. The molecule has 0 aromatic heterocycles. The molecule has 1 heterocycles. The molecule has 1 aromatic rings. The maximum absolute atomic E-state index is 13.3. The lowest BCUT2D eigenvalue weighted by Crippen LogP contribution is -2.80. The molecular weight excluding hydrogens is 594 g/mol. The van der Waals surface area contributed by atoms with E-state index in [9.17, 15) is 20.1 Å². The fraction of sp³-hybridized carbons (Fsp3) is 0.800. The number of carbonyl (C=O) groups excluding carboxylic acids is 1. The largest absolute Gasteiger partial charge is 0.456 e. The predicted molar refractivity (Wildman–Crippen MR) is 164 cm³/mol. The average Bonchev–Trinajstić information content (AvgIpc) is 3.16. The topological polar surface area (TPSA) is 136 Å². The van der Waals surface area contributed by atoms with Crippen LogP contribution in [0, 0.1) is 34.5 Å². The van der Waals surface area contributed by atoms with Crippen LogP contribution >= 0.6 is 0 Å². The molecule has 3 N–H and O–H groups in total. The lowest BCUT2D eigenvalue weighted by atomic mass is 9.40. The predicted octanol–water partition coefficient (Wildman–Crippen LogP) is 1.40. The van der Waals surface area contributed by atoms with E-state index in [1.165, 1.54) is 14.0 Å². The van der Waals surface area contributed by atoms with E-state index < -0.39 is 70.4 Å². The van der Waals surface area contributed by atoms with Crippen molar-refractivity contribution in [2.24, 2.45) is 34.5 Å². The zero-order chi connectivity index (χ0) is 32.8. The molecule has 6 aliphatic carbocycles. The number of ether oxygens (including phenoxy) is 6. The number of methoxy groups -OCH3 is 4. The lowest BCUT2D eigenvalue weighted by Gasteiger charge is -2.71. The Balaban J connectivity index is 1.48. The number of aliphatic hydroxyl groups is 3. The van der Waals surface area contributed by atoms with Crippen molar-refractivity contribution in [3.63, 3.8) is 0 Å². The van der Waals surface area contributed by atoms with Crippen LogP contribution in [0.4, 0.5) is 0 Å².